The molecule has 1 aromatic heterocycles. The van der Waals surface area contributed by atoms with E-state index in [1.54, 1.807) is 0 Å². The number of fused-ring (bicyclic) bond motifs is 2. The third kappa shape index (κ3) is 2.44. The maximum Gasteiger partial charge on any atom is 0.201 e. The molecule has 0 radical (unpaired) electrons. The topological polar surface area (TPSA) is 49.9 Å². The van der Waals surface area contributed by atoms with Crippen LogP contribution in [0.5, 0.6) is 5.75 Å². The number of imidazole rings is 1. The Balaban J connectivity index is 1.41. The molecule has 0 bridgehead atoms. The molecular weight excluding hydrogens is 262 g/mol. The Morgan fingerprint density at radius 2 is 2.14 bits per heavy atom. The molecule has 0 fully saturated rings. The second-order valence-corrected chi connectivity index (χ2v) is 5.32. The number of rotatable bonds is 4. The molecule has 0 amide bonds. The molecule has 4 heteroatoms. The molecule has 0 saturated heterocycles. The number of benzene rings is 2. The first-order valence-corrected chi connectivity index (χ1v) is 7.32. The zero-order valence-electron chi connectivity index (χ0n) is 11.7. The van der Waals surface area contributed by atoms with Gasteiger partial charge in [0.2, 0.25) is 5.95 Å². The van der Waals surface area contributed by atoms with Gasteiger partial charge in [0.25, 0.3) is 0 Å². The van der Waals surface area contributed by atoms with Gasteiger partial charge in [-0.2, -0.15) is 0 Å². The number of hydrogen-bond acceptors (Lipinski definition) is 3. The van der Waals surface area contributed by atoms with Crippen molar-refractivity contribution in [3.8, 4) is 5.75 Å². The van der Waals surface area contributed by atoms with Crippen LogP contribution in [0.25, 0.3) is 11.0 Å². The summed E-state index contributed by atoms with van der Waals surface area (Å²) in [5, 5.41) is 3.35. The summed E-state index contributed by atoms with van der Waals surface area (Å²) in [6.07, 6.45) is 2.00. The minimum atomic E-state index is 0.815. The van der Waals surface area contributed by atoms with Gasteiger partial charge in [0, 0.05) is 13.0 Å². The van der Waals surface area contributed by atoms with Crippen LogP contribution >= 0.6 is 0 Å². The highest BCUT2D eigenvalue weighted by atomic mass is 16.5. The van der Waals surface area contributed by atoms with Crippen LogP contribution in [0.1, 0.15) is 11.1 Å². The average Bonchev–Trinajstić information content (AvgIpc) is 3.12. The fourth-order valence-corrected chi connectivity index (χ4v) is 2.76. The fourth-order valence-electron chi connectivity index (χ4n) is 2.76. The molecule has 4 nitrogen and oxygen atoms in total. The van der Waals surface area contributed by atoms with Crippen molar-refractivity contribution in [2.45, 2.75) is 12.8 Å². The van der Waals surface area contributed by atoms with Gasteiger partial charge in [-0.25, -0.2) is 4.98 Å². The molecule has 3 aromatic rings. The van der Waals surface area contributed by atoms with Gasteiger partial charge >= 0.3 is 0 Å². The van der Waals surface area contributed by atoms with E-state index in [0.717, 1.165) is 48.7 Å². The smallest absolute Gasteiger partial charge is 0.201 e. The van der Waals surface area contributed by atoms with E-state index in [9.17, 15) is 0 Å². The van der Waals surface area contributed by atoms with E-state index in [4.69, 9.17) is 4.74 Å². The van der Waals surface area contributed by atoms with Crippen molar-refractivity contribution in [2.24, 2.45) is 0 Å². The lowest BCUT2D eigenvalue weighted by atomic mass is 10.1. The fraction of sp³-hybridized carbons (Fsp3) is 0.235. The maximum atomic E-state index is 5.53. The molecule has 1 aliphatic rings. The standard InChI is InChI=1S/C17H17N3O/c1-2-4-15-14(3-1)19-17(20-15)18-9-7-12-5-6-16-13(11-12)8-10-21-16/h1-6,11H,7-10H2,(H2,18,19,20). The summed E-state index contributed by atoms with van der Waals surface area (Å²) in [6.45, 7) is 1.68. The van der Waals surface area contributed by atoms with E-state index >= 15 is 0 Å². The average molecular weight is 279 g/mol. The summed E-state index contributed by atoms with van der Waals surface area (Å²) >= 11 is 0. The number of ether oxygens (including phenoxy) is 1. The number of nitrogens with zero attached hydrogens (tertiary/aromatic N) is 1. The Kier molecular flexibility index (Phi) is 2.99. The Morgan fingerprint density at radius 3 is 3.10 bits per heavy atom. The molecule has 1 aliphatic heterocycles. The van der Waals surface area contributed by atoms with Crippen molar-refractivity contribution in [3.63, 3.8) is 0 Å². The van der Waals surface area contributed by atoms with Gasteiger partial charge in [-0.1, -0.05) is 24.3 Å². The molecular formula is C17H17N3O. The van der Waals surface area contributed by atoms with Gasteiger partial charge in [0.15, 0.2) is 0 Å². The third-order valence-electron chi connectivity index (χ3n) is 3.85. The zero-order valence-corrected chi connectivity index (χ0v) is 11.7. The van der Waals surface area contributed by atoms with Crippen LogP contribution in [0.4, 0.5) is 5.95 Å². The van der Waals surface area contributed by atoms with E-state index in [1.165, 1.54) is 11.1 Å². The number of H-pyrrole nitrogens is 1. The van der Waals surface area contributed by atoms with Crippen molar-refractivity contribution in [1.29, 1.82) is 0 Å². The maximum absolute atomic E-state index is 5.53. The number of aromatic nitrogens is 2. The first-order valence-electron chi connectivity index (χ1n) is 7.32. The summed E-state index contributed by atoms with van der Waals surface area (Å²) in [5.41, 5.74) is 4.73. The van der Waals surface area contributed by atoms with Crippen LogP contribution < -0.4 is 10.1 Å². The minimum Gasteiger partial charge on any atom is -0.493 e. The van der Waals surface area contributed by atoms with Gasteiger partial charge in [-0.3, -0.25) is 0 Å². The molecule has 2 N–H and O–H groups in total. The van der Waals surface area contributed by atoms with Gasteiger partial charge in [-0.05, 0) is 35.7 Å². The van der Waals surface area contributed by atoms with E-state index in [0.29, 0.717) is 0 Å². The zero-order chi connectivity index (χ0) is 14.1. The largest absolute Gasteiger partial charge is 0.493 e. The summed E-state index contributed by atoms with van der Waals surface area (Å²) in [5.74, 6) is 1.88. The molecule has 0 spiro atoms. The highest BCUT2D eigenvalue weighted by Crippen LogP contribution is 2.26. The lowest BCUT2D eigenvalue weighted by Crippen LogP contribution is -2.06. The summed E-state index contributed by atoms with van der Waals surface area (Å²) in [6, 6.07) is 14.5. The van der Waals surface area contributed by atoms with Crippen molar-refractivity contribution in [2.75, 3.05) is 18.5 Å². The van der Waals surface area contributed by atoms with Crippen LogP contribution in [0, 0.1) is 0 Å². The Morgan fingerprint density at radius 1 is 1.19 bits per heavy atom. The Labute approximate surface area is 123 Å². The number of aromatic amines is 1. The first-order chi connectivity index (χ1) is 10.4. The Hall–Kier alpha value is -2.49. The van der Waals surface area contributed by atoms with Crippen LogP contribution in [-0.2, 0) is 12.8 Å². The second kappa shape index (κ2) is 5.13. The van der Waals surface area contributed by atoms with Crippen LogP contribution in [0.3, 0.4) is 0 Å². The molecule has 4 rings (SSSR count). The lowest BCUT2D eigenvalue weighted by Gasteiger charge is -2.05. The predicted molar refractivity (Wildman–Crippen MR) is 83.9 cm³/mol. The van der Waals surface area contributed by atoms with Gasteiger partial charge in [-0.15, -0.1) is 0 Å². The first kappa shape index (κ1) is 12.3. The highest BCUT2D eigenvalue weighted by molar-refractivity contribution is 5.77. The number of hydrogen-bond donors (Lipinski definition) is 2. The molecule has 2 heterocycles. The normalized spacial score (nSPS) is 13.1. The quantitative estimate of drug-likeness (QED) is 0.771. The summed E-state index contributed by atoms with van der Waals surface area (Å²) < 4.78 is 5.53. The van der Waals surface area contributed by atoms with Crippen LogP contribution in [0.2, 0.25) is 0 Å². The summed E-state index contributed by atoms with van der Waals surface area (Å²) in [4.78, 5) is 7.80. The number of anilines is 1. The predicted octanol–water partition coefficient (Wildman–Crippen LogP) is 3.15. The second-order valence-electron chi connectivity index (χ2n) is 5.32. The van der Waals surface area contributed by atoms with Crippen molar-refractivity contribution in [3.05, 3.63) is 53.6 Å². The van der Waals surface area contributed by atoms with Crippen molar-refractivity contribution in [1.82, 2.24) is 9.97 Å². The highest BCUT2D eigenvalue weighted by Gasteiger charge is 2.11. The molecule has 106 valence electrons. The van der Waals surface area contributed by atoms with Gasteiger partial charge < -0.3 is 15.0 Å². The summed E-state index contributed by atoms with van der Waals surface area (Å²) in [7, 11) is 0. The molecule has 0 saturated carbocycles. The molecule has 2 aromatic carbocycles. The number of para-hydroxylation sites is 2. The molecule has 21 heavy (non-hydrogen) atoms. The Bertz CT molecular complexity index is 746. The molecule has 0 aliphatic carbocycles. The van der Waals surface area contributed by atoms with E-state index in [2.05, 4.69) is 33.5 Å². The van der Waals surface area contributed by atoms with Gasteiger partial charge in [0.05, 0.1) is 17.6 Å². The lowest BCUT2D eigenvalue weighted by molar-refractivity contribution is 0.357. The third-order valence-corrected chi connectivity index (χ3v) is 3.85. The SMILES string of the molecule is c1ccc2[nH]c(NCCc3ccc4c(c3)CCO4)nc2c1. The molecule has 0 atom stereocenters. The van der Waals surface area contributed by atoms with Crippen LogP contribution in [0.15, 0.2) is 42.5 Å². The van der Waals surface area contributed by atoms with Crippen molar-refractivity contribution >= 4 is 17.0 Å². The van der Waals surface area contributed by atoms with Crippen molar-refractivity contribution < 1.29 is 4.74 Å². The van der Waals surface area contributed by atoms with E-state index in [-0.39, 0.29) is 0 Å². The van der Waals surface area contributed by atoms with E-state index < -0.39 is 0 Å². The molecule has 0 unspecified atom stereocenters. The minimum absolute atomic E-state index is 0.815. The number of nitrogens with one attached hydrogen (secondary N) is 2. The van der Waals surface area contributed by atoms with Crippen LogP contribution in [-0.4, -0.2) is 23.1 Å². The monoisotopic (exact) mass is 279 g/mol. The van der Waals surface area contributed by atoms with Gasteiger partial charge in [0.1, 0.15) is 5.75 Å². The van der Waals surface area contributed by atoms with E-state index in [1.807, 2.05) is 24.3 Å².